The van der Waals surface area contributed by atoms with E-state index in [4.69, 9.17) is 4.74 Å². The number of benzene rings is 1. The van der Waals surface area contributed by atoms with Crippen LogP contribution in [-0.4, -0.2) is 31.6 Å². The molecule has 0 aliphatic rings. The summed E-state index contributed by atoms with van der Waals surface area (Å²) >= 11 is 1.27. The van der Waals surface area contributed by atoms with E-state index in [2.05, 4.69) is 22.3 Å². The standard InChI is InChI=1S/C21H26N2O5S/c1-5-6-7-11-28-16-10-8-9-15(12-16)18(24)22-20-17(13(2)14(3)29-20)19(25)23-21(26)27-4/h8-10,12H,5-7,11H2,1-4H3,(H,22,24)(H,23,25,26). The number of anilines is 1. The van der Waals surface area contributed by atoms with Gasteiger partial charge in [-0.2, -0.15) is 0 Å². The number of unbranched alkanes of at least 4 members (excludes halogenated alkanes) is 2. The molecule has 156 valence electrons. The monoisotopic (exact) mass is 418 g/mol. The molecule has 0 saturated carbocycles. The molecule has 29 heavy (non-hydrogen) atoms. The molecular formula is C21H26N2O5S. The van der Waals surface area contributed by atoms with Crippen LogP contribution in [0.3, 0.4) is 0 Å². The van der Waals surface area contributed by atoms with E-state index < -0.39 is 12.0 Å². The highest BCUT2D eigenvalue weighted by molar-refractivity contribution is 7.16. The molecule has 0 unspecified atom stereocenters. The number of rotatable bonds is 8. The number of thiophene rings is 1. The summed E-state index contributed by atoms with van der Waals surface area (Å²) in [6.07, 6.45) is 2.30. The van der Waals surface area contributed by atoms with Crippen LogP contribution in [0.2, 0.25) is 0 Å². The minimum absolute atomic E-state index is 0.248. The van der Waals surface area contributed by atoms with Crippen molar-refractivity contribution < 1.29 is 23.9 Å². The maximum Gasteiger partial charge on any atom is 0.413 e. The van der Waals surface area contributed by atoms with Gasteiger partial charge in [-0.15, -0.1) is 11.3 Å². The Balaban J connectivity index is 2.16. The van der Waals surface area contributed by atoms with Crippen molar-refractivity contribution in [1.82, 2.24) is 5.32 Å². The molecule has 0 saturated heterocycles. The lowest BCUT2D eigenvalue weighted by Gasteiger charge is -2.09. The maximum absolute atomic E-state index is 12.7. The SMILES string of the molecule is CCCCCOc1cccc(C(=O)Nc2sc(C)c(C)c2C(=O)NC(=O)OC)c1. The van der Waals surface area contributed by atoms with Crippen LogP contribution in [-0.2, 0) is 4.74 Å². The Morgan fingerprint density at radius 1 is 1.10 bits per heavy atom. The van der Waals surface area contributed by atoms with Gasteiger partial charge in [-0.1, -0.05) is 25.8 Å². The summed E-state index contributed by atoms with van der Waals surface area (Å²) in [5.74, 6) is -0.365. The quantitative estimate of drug-likeness (QED) is 0.607. The second-order valence-electron chi connectivity index (χ2n) is 6.47. The number of alkyl carbamates (subject to hydrolysis) is 1. The third kappa shape index (κ3) is 6.05. The fraction of sp³-hybridized carbons (Fsp3) is 0.381. The molecule has 0 aliphatic carbocycles. The van der Waals surface area contributed by atoms with Crippen molar-refractivity contribution in [3.05, 3.63) is 45.8 Å². The van der Waals surface area contributed by atoms with Crippen molar-refractivity contribution in [3.8, 4) is 5.75 Å². The van der Waals surface area contributed by atoms with Gasteiger partial charge in [-0.25, -0.2) is 4.79 Å². The number of carbonyl (C=O) groups is 3. The summed E-state index contributed by atoms with van der Waals surface area (Å²) in [7, 11) is 1.17. The van der Waals surface area contributed by atoms with E-state index in [1.54, 1.807) is 31.2 Å². The summed E-state index contributed by atoms with van der Waals surface area (Å²) in [6, 6.07) is 6.90. The second kappa shape index (κ2) is 10.6. The van der Waals surface area contributed by atoms with E-state index >= 15 is 0 Å². The van der Waals surface area contributed by atoms with Crippen LogP contribution < -0.4 is 15.4 Å². The van der Waals surface area contributed by atoms with Gasteiger partial charge in [0, 0.05) is 10.4 Å². The number of aryl methyl sites for hydroxylation is 1. The van der Waals surface area contributed by atoms with Crippen LogP contribution in [0.1, 0.15) is 57.3 Å². The summed E-state index contributed by atoms with van der Waals surface area (Å²) in [5.41, 5.74) is 1.36. The van der Waals surface area contributed by atoms with Gasteiger partial charge in [0.15, 0.2) is 0 Å². The zero-order valence-electron chi connectivity index (χ0n) is 17.1. The number of ether oxygens (including phenoxy) is 2. The topological polar surface area (TPSA) is 93.7 Å². The van der Waals surface area contributed by atoms with Gasteiger partial charge in [0.1, 0.15) is 10.8 Å². The van der Waals surface area contributed by atoms with Crippen molar-refractivity contribution in [2.24, 2.45) is 0 Å². The van der Waals surface area contributed by atoms with Gasteiger partial charge >= 0.3 is 6.09 Å². The summed E-state index contributed by atoms with van der Waals surface area (Å²) in [5, 5.41) is 5.28. The maximum atomic E-state index is 12.7. The first-order valence-corrected chi connectivity index (χ1v) is 10.2. The minimum atomic E-state index is -0.858. The first-order valence-electron chi connectivity index (χ1n) is 9.40. The lowest BCUT2D eigenvalue weighted by atomic mass is 10.1. The molecule has 7 nitrogen and oxygen atoms in total. The number of hydrogen-bond donors (Lipinski definition) is 2. The Hall–Kier alpha value is -2.87. The van der Waals surface area contributed by atoms with Crippen LogP contribution in [0, 0.1) is 13.8 Å². The molecule has 0 bridgehead atoms. The number of hydrogen-bond acceptors (Lipinski definition) is 6. The van der Waals surface area contributed by atoms with E-state index in [-0.39, 0.29) is 11.5 Å². The van der Waals surface area contributed by atoms with Crippen molar-refractivity contribution in [1.29, 1.82) is 0 Å². The smallest absolute Gasteiger partial charge is 0.413 e. The van der Waals surface area contributed by atoms with E-state index in [9.17, 15) is 14.4 Å². The molecule has 0 spiro atoms. The molecule has 1 aromatic heterocycles. The lowest BCUT2D eigenvalue weighted by Crippen LogP contribution is -2.31. The van der Waals surface area contributed by atoms with Crippen molar-refractivity contribution in [2.75, 3.05) is 19.0 Å². The molecular weight excluding hydrogens is 392 g/mol. The zero-order valence-corrected chi connectivity index (χ0v) is 17.9. The van der Waals surface area contributed by atoms with Crippen LogP contribution in [0.5, 0.6) is 5.75 Å². The summed E-state index contributed by atoms with van der Waals surface area (Å²) in [6.45, 7) is 6.33. The number of imide groups is 1. The van der Waals surface area contributed by atoms with Crippen molar-refractivity contribution >= 4 is 34.2 Å². The Kier molecular flexibility index (Phi) is 8.21. The van der Waals surface area contributed by atoms with E-state index in [0.29, 0.717) is 28.5 Å². The largest absolute Gasteiger partial charge is 0.494 e. The summed E-state index contributed by atoms with van der Waals surface area (Å²) < 4.78 is 10.2. The highest BCUT2D eigenvalue weighted by Gasteiger charge is 2.23. The average molecular weight is 419 g/mol. The van der Waals surface area contributed by atoms with Crippen molar-refractivity contribution in [3.63, 3.8) is 0 Å². The van der Waals surface area contributed by atoms with Gasteiger partial charge in [-0.05, 0) is 44.0 Å². The second-order valence-corrected chi connectivity index (χ2v) is 7.70. The third-order valence-electron chi connectivity index (χ3n) is 4.35. The fourth-order valence-electron chi connectivity index (χ4n) is 2.64. The predicted molar refractivity (Wildman–Crippen MR) is 113 cm³/mol. The molecule has 1 heterocycles. The predicted octanol–water partition coefficient (Wildman–Crippen LogP) is 4.68. The molecule has 1 aromatic carbocycles. The van der Waals surface area contributed by atoms with E-state index in [0.717, 1.165) is 24.1 Å². The Labute approximate surface area is 174 Å². The molecule has 2 rings (SSSR count). The minimum Gasteiger partial charge on any atom is -0.494 e. The van der Waals surface area contributed by atoms with E-state index in [1.165, 1.54) is 18.4 Å². The Bertz CT molecular complexity index is 891. The van der Waals surface area contributed by atoms with Crippen LogP contribution in [0.4, 0.5) is 9.80 Å². The van der Waals surface area contributed by atoms with Gasteiger partial charge in [0.05, 0.1) is 19.3 Å². The molecule has 2 aromatic rings. The molecule has 3 amide bonds. The van der Waals surface area contributed by atoms with E-state index in [1.807, 2.05) is 6.92 Å². The molecule has 0 atom stereocenters. The number of nitrogens with one attached hydrogen (secondary N) is 2. The summed E-state index contributed by atoms with van der Waals surface area (Å²) in [4.78, 5) is 37.4. The lowest BCUT2D eigenvalue weighted by molar-refractivity contribution is 0.0937. The van der Waals surface area contributed by atoms with Gasteiger partial charge in [-0.3, -0.25) is 14.9 Å². The van der Waals surface area contributed by atoms with Crippen molar-refractivity contribution in [2.45, 2.75) is 40.0 Å². The van der Waals surface area contributed by atoms with Crippen LogP contribution in [0.15, 0.2) is 24.3 Å². The average Bonchev–Trinajstić information content (AvgIpc) is 2.98. The number of amides is 3. The number of carbonyl (C=O) groups excluding carboxylic acids is 3. The Morgan fingerprint density at radius 3 is 2.55 bits per heavy atom. The van der Waals surface area contributed by atoms with Gasteiger partial charge in [0.25, 0.3) is 11.8 Å². The first-order chi connectivity index (χ1) is 13.9. The Morgan fingerprint density at radius 2 is 1.86 bits per heavy atom. The fourth-order valence-corrected chi connectivity index (χ4v) is 3.69. The number of methoxy groups -OCH3 is 1. The zero-order chi connectivity index (χ0) is 21.4. The van der Waals surface area contributed by atoms with Gasteiger partial charge in [0.2, 0.25) is 0 Å². The third-order valence-corrected chi connectivity index (χ3v) is 5.48. The molecule has 0 aliphatic heterocycles. The van der Waals surface area contributed by atoms with Gasteiger partial charge < -0.3 is 14.8 Å². The molecule has 0 fully saturated rings. The molecule has 2 N–H and O–H groups in total. The van der Waals surface area contributed by atoms with Crippen LogP contribution >= 0.6 is 11.3 Å². The van der Waals surface area contributed by atoms with Crippen LogP contribution in [0.25, 0.3) is 0 Å². The molecule has 0 radical (unpaired) electrons. The highest BCUT2D eigenvalue weighted by Crippen LogP contribution is 2.33. The highest BCUT2D eigenvalue weighted by atomic mass is 32.1. The molecule has 8 heteroatoms. The first kappa shape index (κ1) is 22.4. The normalized spacial score (nSPS) is 10.3.